The van der Waals surface area contributed by atoms with Gasteiger partial charge in [0, 0.05) is 103 Å². The summed E-state index contributed by atoms with van der Waals surface area (Å²) in [5.41, 5.74) is 7.62. The molecule has 5 rings (SSSR count). The van der Waals surface area contributed by atoms with Gasteiger partial charge in [-0.05, 0) is 140 Å². The number of aliphatic imine (C=N–C) groups is 1. The first-order chi connectivity index (χ1) is 26.2. The average molecular weight is 868 g/mol. The van der Waals surface area contributed by atoms with Crippen LogP contribution in [0.2, 0.25) is 0 Å². The molecule has 0 amide bonds. The molecule has 0 unspecified atom stereocenters. The van der Waals surface area contributed by atoms with Crippen molar-refractivity contribution in [1.82, 2.24) is 0 Å². The number of aryl methyl sites for hydroxylation is 1. The third-order valence-corrected chi connectivity index (χ3v) is 10.9. The summed E-state index contributed by atoms with van der Waals surface area (Å²) in [6.07, 6.45) is 5.49. The third kappa shape index (κ3) is 13.9. The second-order valence-corrected chi connectivity index (χ2v) is 16.8. The Hall–Kier alpha value is -3.30. The van der Waals surface area contributed by atoms with Crippen molar-refractivity contribution in [2.45, 2.75) is 42.4 Å². The number of hydrogen-bond donors (Lipinski definition) is 4. The molecule has 298 valence electrons. The van der Waals surface area contributed by atoms with Gasteiger partial charge in [0.05, 0.1) is 26.9 Å². The number of benzene rings is 4. The number of nitrogens with zero attached hydrogens (tertiary/aromatic N) is 4. The first-order valence-corrected chi connectivity index (χ1v) is 21.4. The summed E-state index contributed by atoms with van der Waals surface area (Å²) in [4.78, 5) is 4.99. The van der Waals surface area contributed by atoms with E-state index < -0.39 is 40.1 Å². The molecule has 2 radical (unpaired) electrons. The molecule has 0 aliphatic heterocycles. The molecular weight excluding hydrogens is 825 g/mol. The van der Waals surface area contributed by atoms with E-state index >= 15 is 0 Å². The van der Waals surface area contributed by atoms with Crippen molar-refractivity contribution in [3.8, 4) is 0 Å². The van der Waals surface area contributed by atoms with E-state index in [2.05, 4.69) is 20.5 Å². The van der Waals surface area contributed by atoms with Gasteiger partial charge in [0.1, 0.15) is 4.90 Å². The van der Waals surface area contributed by atoms with Crippen molar-refractivity contribution in [3.63, 3.8) is 0 Å². The monoisotopic (exact) mass is 867 g/mol. The van der Waals surface area contributed by atoms with Gasteiger partial charge in [-0.25, -0.2) is 0 Å². The van der Waals surface area contributed by atoms with E-state index in [1.807, 2.05) is 101 Å². The molecule has 4 N–H and O–H groups in total. The maximum absolute atomic E-state index is 12.4. The van der Waals surface area contributed by atoms with Gasteiger partial charge in [0.25, 0.3) is 30.4 Å². The van der Waals surface area contributed by atoms with E-state index in [9.17, 15) is 34.4 Å². The van der Waals surface area contributed by atoms with Gasteiger partial charge in [0.2, 0.25) is 0 Å². The Kier molecular flexibility index (Phi) is 19.1. The van der Waals surface area contributed by atoms with Crippen LogP contribution in [0.25, 0.3) is 5.57 Å². The fourth-order valence-electron chi connectivity index (χ4n) is 5.55. The van der Waals surface area contributed by atoms with Crippen molar-refractivity contribution < 1.29 is 38.9 Å². The van der Waals surface area contributed by atoms with Gasteiger partial charge < -0.3 is 10.2 Å². The largest absolute Gasteiger partial charge is 0.385 e. The van der Waals surface area contributed by atoms with Crippen molar-refractivity contribution >= 4 is 124 Å². The van der Waals surface area contributed by atoms with Gasteiger partial charge >= 0.3 is 0 Å². The number of rotatable bonds is 11. The molecule has 4 aromatic carbocycles. The minimum Gasteiger partial charge on any atom is -0.385 e. The molecule has 0 bridgehead atoms. The summed E-state index contributed by atoms with van der Waals surface area (Å²) >= 11 is 0. The summed E-state index contributed by atoms with van der Waals surface area (Å²) in [5, 5.41) is 11.3. The van der Waals surface area contributed by atoms with Crippen molar-refractivity contribution in [2.24, 2.45) is 15.2 Å². The van der Waals surface area contributed by atoms with E-state index in [0.29, 0.717) is 34.6 Å². The first kappa shape index (κ1) is 50.8. The second-order valence-electron chi connectivity index (χ2n) is 12.6. The fraction of sp³-hybridized carbons (Fsp3) is 0.205. The number of allylic oxidation sites excluding steroid dienone is 5. The Labute approximate surface area is 384 Å². The second kappa shape index (κ2) is 21.8. The molecular formula is C39H43N5Na2O9S3. The van der Waals surface area contributed by atoms with Gasteiger partial charge in [-0.2, -0.15) is 35.5 Å². The zero-order chi connectivity index (χ0) is 41.4. The normalized spacial score (nSPS) is 14.4. The predicted molar refractivity (Wildman–Crippen MR) is 231 cm³/mol. The topological polar surface area (TPSA) is 215 Å². The van der Waals surface area contributed by atoms with Crippen LogP contribution < -0.4 is 10.2 Å². The molecule has 19 heteroatoms. The number of hydrogen-bond acceptors (Lipinski definition) is 11. The van der Waals surface area contributed by atoms with Crippen LogP contribution in [0.15, 0.2) is 144 Å². The van der Waals surface area contributed by atoms with E-state index in [1.165, 1.54) is 30.3 Å². The maximum Gasteiger partial charge on any atom is 0.295 e. The third-order valence-electron chi connectivity index (χ3n) is 8.28. The summed E-state index contributed by atoms with van der Waals surface area (Å²) in [5.74, 6) is 0. The molecule has 0 fully saturated rings. The van der Waals surface area contributed by atoms with Crippen LogP contribution in [-0.4, -0.2) is 131 Å². The summed E-state index contributed by atoms with van der Waals surface area (Å²) in [6, 6.07) is 21.8. The quantitative estimate of drug-likeness (QED) is 0.0664. The number of anilines is 2. The molecule has 0 aromatic heterocycles. The van der Waals surface area contributed by atoms with Crippen LogP contribution in [0.4, 0.5) is 22.7 Å². The smallest absolute Gasteiger partial charge is 0.295 e. The molecule has 1 aliphatic rings. The summed E-state index contributed by atoms with van der Waals surface area (Å²) in [6.45, 7) is 9.04. The average Bonchev–Trinajstić information content (AvgIpc) is 3.12. The zero-order valence-corrected chi connectivity index (χ0v) is 40.0. The van der Waals surface area contributed by atoms with Crippen molar-refractivity contribution in [3.05, 3.63) is 131 Å². The Balaban J connectivity index is 0.000000433. The molecule has 14 nitrogen and oxygen atoms in total. The van der Waals surface area contributed by atoms with Crippen LogP contribution in [-0.2, 0) is 30.4 Å². The van der Waals surface area contributed by atoms with Crippen molar-refractivity contribution in [2.75, 3.05) is 37.4 Å². The standard InChI is InChI=1S/C25H28N2O6S2.C14H15N3O3S.2Na/c1-5-26-22-11-7-18(13-16(22)3)25(19-8-12-23(27-6-2)17(4)14-19)21-10-9-20(34(28,29)30)15-24(21)35(31,32)33;1-17(2)13-7-3-11(4-8-13)15-16-12-5-9-14(10-6-12)21(18,19)20;;/h7-15,26H,5-6H2,1-4H3,(H,28,29,30)(H,31,32,33);3-10H,1-2H3,(H,18,19,20);;/b25-19-,27-23?;;;. The van der Waals surface area contributed by atoms with E-state index in [1.54, 1.807) is 6.08 Å². The first-order valence-electron chi connectivity index (χ1n) is 17.1. The van der Waals surface area contributed by atoms with Gasteiger partial charge in [-0.3, -0.25) is 18.7 Å². The molecule has 58 heavy (non-hydrogen) atoms. The molecule has 1 aliphatic carbocycles. The molecule has 0 saturated carbocycles. The van der Waals surface area contributed by atoms with E-state index in [4.69, 9.17) is 4.55 Å². The molecule has 4 aromatic rings. The van der Waals surface area contributed by atoms with E-state index in [-0.39, 0.29) is 69.6 Å². The zero-order valence-electron chi connectivity index (χ0n) is 33.5. The summed E-state index contributed by atoms with van der Waals surface area (Å²) in [7, 11) is -9.83. The van der Waals surface area contributed by atoms with Gasteiger partial charge in [-0.1, -0.05) is 18.2 Å². The molecule has 0 heterocycles. The summed E-state index contributed by atoms with van der Waals surface area (Å²) < 4.78 is 98.2. The van der Waals surface area contributed by atoms with Crippen LogP contribution in [0.5, 0.6) is 0 Å². The SMILES string of the molecule is CCN=C1C=C/C(=C(\c2ccc(NCC)c(C)c2)c2ccc(S(=O)(=O)O)cc2S(=O)(=O)O)C=C1C.CN(C)c1ccc(N=Nc2ccc(S(=O)(=O)O)cc2)cc1.[Na].[Na]. The Morgan fingerprint density at radius 2 is 1.24 bits per heavy atom. The predicted octanol–water partition coefficient (Wildman–Crippen LogP) is 7.35. The minimum atomic E-state index is -4.86. The van der Waals surface area contributed by atoms with Crippen LogP contribution >= 0.6 is 0 Å². The van der Waals surface area contributed by atoms with Gasteiger partial charge in [0.15, 0.2) is 0 Å². The number of azo groups is 1. The molecule has 0 saturated heterocycles. The molecule has 0 atom stereocenters. The van der Waals surface area contributed by atoms with E-state index in [0.717, 1.165) is 46.9 Å². The van der Waals surface area contributed by atoms with Crippen molar-refractivity contribution in [1.29, 1.82) is 0 Å². The van der Waals surface area contributed by atoms with Crippen LogP contribution in [0.1, 0.15) is 37.5 Å². The Morgan fingerprint density at radius 1 is 0.690 bits per heavy atom. The fourth-order valence-corrected chi connectivity index (χ4v) is 7.33. The molecule has 0 spiro atoms. The number of nitrogens with one attached hydrogen (secondary N) is 1. The Morgan fingerprint density at radius 3 is 1.71 bits per heavy atom. The maximum atomic E-state index is 12.4. The minimum absolute atomic E-state index is 0. The van der Waals surface area contributed by atoms with Gasteiger partial charge in [-0.15, -0.1) is 0 Å². The Bertz CT molecular complexity index is 2590. The van der Waals surface area contributed by atoms with Crippen LogP contribution in [0, 0.1) is 6.92 Å². The van der Waals surface area contributed by atoms with Crippen LogP contribution in [0.3, 0.4) is 0 Å².